The zero-order valence-electron chi connectivity index (χ0n) is 14.2. The molecule has 0 aliphatic heterocycles. The second-order valence-corrected chi connectivity index (χ2v) is 7.60. The first-order valence-corrected chi connectivity index (χ1v) is 9.46. The summed E-state index contributed by atoms with van der Waals surface area (Å²) >= 11 is 0. The molecule has 0 aliphatic rings. The summed E-state index contributed by atoms with van der Waals surface area (Å²) in [6, 6.07) is 11.0. The number of carbonyl (C=O) groups is 1. The first kappa shape index (κ1) is 18.9. The molecular weight excluding hydrogens is 375 g/mol. The van der Waals surface area contributed by atoms with Gasteiger partial charge in [-0.1, -0.05) is 0 Å². The van der Waals surface area contributed by atoms with Gasteiger partial charge in [0.15, 0.2) is 0 Å². The van der Waals surface area contributed by atoms with Crippen LogP contribution < -0.4 is 5.32 Å². The van der Waals surface area contributed by atoms with Gasteiger partial charge in [-0.05, 0) is 48.5 Å². The van der Waals surface area contributed by atoms with Crippen LogP contribution in [-0.2, 0) is 27.9 Å². The number of rotatable bonds is 8. The van der Waals surface area contributed by atoms with E-state index in [1.54, 1.807) is 24.3 Å². The lowest BCUT2D eigenvalue weighted by Crippen LogP contribution is -2.40. The highest BCUT2D eigenvalue weighted by Gasteiger charge is 2.27. The molecule has 0 unspecified atom stereocenters. The third-order valence-corrected chi connectivity index (χ3v) is 5.53. The molecule has 9 heteroatoms. The van der Waals surface area contributed by atoms with Crippen molar-refractivity contribution in [2.75, 3.05) is 6.54 Å². The van der Waals surface area contributed by atoms with Crippen LogP contribution in [0.4, 0.5) is 4.39 Å². The van der Waals surface area contributed by atoms with Gasteiger partial charge in [-0.3, -0.25) is 4.79 Å². The summed E-state index contributed by atoms with van der Waals surface area (Å²) in [5, 5.41) is 2.60. The lowest BCUT2D eigenvalue weighted by molar-refractivity contribution is -0.121. The number of carbonyl (C=O) groups excluding carboxylic acids is 1. The monoisotopic (exact) mass is 392 g/mol. The van der Waals surface area contributed by atoms with Crippen LogP contribution in [0.2, 0.25) is 0 Å². The molecule has 0 fully saturated rings. The quantitative estimate of drug-likeness (QED) is 0.636. The van der Waals surface area contributed by atoms with E-state index in [2.05, 4.69) is 5.32 Å². The summed E-state index contributed by atoms with van der Waals surface area (Å²) in [5.74, 6) is -0.145. The average Bonchev–Trinajstić information content (AvgIpc) is 3.34. The van der Waals surface area contributed by atoms with Crippen LogP contribution in [0.15, 0.2) is 74.8 Å². The smallest absolute Gasteiger partial charge is 0.243 e. The fraction of sp³-hybridized carbons (Fsp3) is 0.167. The summed E-state index contributed by atoms with van der Waals surface area (Å²) in [5.41, 5.74) is 0. The molecule has 0 spiro atoms. The Kier molecular flexibility index (Phi) is 5.72. The Morgan fingerprint density at radius 1 is 1.00 bits per heavy atom. The third kappa shape index (κ3) is 4.83. The van der Waals surface area contributed by atoms with Gasteiger partial charge in [-0.2, -0.15) is 4.31 Å². The van der Waals surface area contributed by atoms with Crippen LogP contribution in [0.1, 0.15) is 11.5 Å². The number of furan rings is 2. The minimum absolute atomic E-state index is 0.116. The van der Waals surface area contributed by atoms with E-state index in [1.165, 1.54) is 12.5 Å². The lowest BCUT2D eigenvalue weighted by atomic mass is 10.4. The van der Waals surface area contributed by atoms with Crippen LogP contribution in [-0.4, -0.2) is 25.2 Å². The van der Waals surface area contributed by atoms with Crippen molar-refractivity contribution in [1.82, 2.24) is 9.62 Å². The van der Waals surface area contributed by atoms with Crippen molar-refractivity contribution >= 4 is 15.9 Å². The normalized spacial score (nSPS) is 11.6. The van der Waals surface area contributed by atoms with Crippen molar-refractivity contribution in [2.45, 2.75) is 18.0 Å². The Balaban J connectivity index is 1.77. The van der Waals surface area contributed by atoms with Crippen LogP contribution >= 0.6 is 0 Å². The van der Waals surface area contributed by atoms with Crippen molar-refractivity contribution in [3.63, 3.8) is 0 Å². The number of benzene rings is 1. The fourth-order valence-electron chi connectivity index (χ4n) is 2.37. The Bertz CT molecular complexity index is 967. The van der Waals surface area contributed by atoms with Gasteiger partial charge in [0.2, 0.25) is 15.9 Å². The molecular formula is C18H17FN2O5S. The van der Waals surface area contributed by atoms with E-state index in [0.29, 0.717) is 11.5 Å². The molecule has 1 aromatic carbocycles. The van der Waals surface area contributed by atoms with Crippen LogP contribution in [0.5, 0.6) is 0 Å². The average molecular weight is 392 g/mol. The van der Waals surface area contributed by atoms with E-state index in [-0.39, 0.29) is 18.0 Å². The molecule has 3 aromatic rings. The highest BCUT2D eigenvalue weighted by atomic mass is 32.2. The van der Waals surface area contributed by atoms with Gasteiger partial charge in [0.25, 0.3) is 0 Å². The molecule has 0 saturated heterocycles. The Labute approximate surface area is 155 Å². The maximum absolute atomic E-state index is 13.1. The lowest BCUT2D eigenvalue weighted by Gasteiger charge is -2.20. The molecule has 1 N–H and O–H groups in total. The van der Waals surface area contributed by atoms with Crippen molar-refractivity contribution in [1.29, 1.82) is 0 Å². The molecule has 27 heavy (non-hydrogen) atoms. The minimum Gasteiger partial charge on any atom is -0.468 e. The molecule has 0 bridgehead atoms. The topological polar surface area (TPSA) is 92.8 Å². The van der Waals surface area contributed by atoms with Gasteiger partial charge in [0, 0.05) is 0 Å². The summed E-state index contributed by atoms with van der Waals surface area (Å²) < 4.78 is 50.2. The fourth-order valence-corrected chi connectivity index (χ4v) is 3.74. The summed E-state index contributed by atoms with van der Waals surface area (Å²) in [4.78, 5) is 12.1. The van der Waals surface area contributed by atoms with E-state index in [9.17, 15) is 17.6 Å². The van der Waals surface area contributed by atoms with E-state index < -0.39 is 28.3 Å². The molecule has 0 atom stereocenters. The molecule has 142 valence electrons. The molecule has 7 nitrogen and oxygen atoms in total. The van der Waals surface area contributed by atoms with E-state index in [1.807, 2.05) is 0 Å². The molecule has 0 radical (unpaired) electrons. The van der Waals surface area contributed by atoms with E-state index >= 15 is 0 Å². The van der Waals surface area contributed by atoms with Crippen molar-refractivity contribution < 1.29 is 26.4 Å². The van der Waals surface area contributed by atoms with Gasteiger partial charge in [0.1, 0.15) is 17.3 Å². The molecule has 0 saturated carbocycles. The van der Waals surface area contributed by atoms with Gasteiger partial charge < -0.3 is 14.2 Å². The summed E-state index contributed by atoms with van der Waals surface area (Å²) in [7, 11) is -4.04. The molecule has 3 rings (SSSR count). The second kappa shape index (κ2) is 8.19. The first-order valence-electron chi connectivity index (χ1n) is 8.02. The predicted octanol–water partition coefficient (Wildman–Crippen LogP) is 2.52. The molecule has 2 heterocycles. The number of hydrogen-bond acceptors (Lipinski definition) is 5. The Morgan fingerprint density at radius 3 is 2.22 bits per heavy atom. The predicted molar refractivity (Wildman–Crippen MR) is 93.3 cm³/mol. The minimum atomic E-state index is -4.04. The second-order valence-electron chi connectivity index (χ2n) is 5.66. The third-order valence-electron chi connectivity index (χ3n) is 3.72. The van der Waals surface area contributed by atoms with Crippen LogP contribution in [0.3, 0.4) is 0 Å². The Hall–Kier alpha value is -2.91. The van der Waals surface area contributed by atoms with E-state index in [4.69, 9.17) is 8.83 Å². The van der Waals surface area contributed by atoms with Gasteiger partial charge in [-0.25, -0.2) is 12.8 Å². The highest BCUT2D eigenvalue weighted by molar-refractivity contribution is 7.89. The van der Waals surface area contributed by atoms with Crippen molar-refractivity contribution in [3.8, 4) is 0 Å². The maximum atomic E-state index is 13.1. The number of hydrogen-bond donors (Lipinski definition) is 1. The van der Waals surface area contributed by atoms with Gasteiger partial charge in [-0.15, -0.1) is 0 Å². The maximum Gasteiger partial charge on any atom is 0.243 e. The first-order chi connectivity index (χ1) is 12.9. The van der Waals surface area contributed by atoms with Gasteiger partial charge >= 0.3 is 0 Å². The number of sulfonamides is 1. The Morgan fingerprint density at radius 2 is 1.63 bits per heavy atom. The highest BCUT2D eigenvalue weighted by Crippen LogP contribution is 2.19. The zero-order chi connectivity index (χ0) is 19.3. The number of amides is 1. The van der Waals surface area contributed by atoms with Crippen LogP contribution in [0, 0.1) is 5.82 Å². The van der Waals surface area contributed by atoms with Gasteiger partial charge in [0.05, 0.1) is 37.1 Å². The standard InChI is InChI=1S/C18H17FN2O5S/c19-14-5-7-17(8-6-14)27(23,24)21(12-16-4-2-10-26-16)13-18(22)20-11-15-3-1-9-25-15/h1-10H,11-13H2,(H,20,22). The summed E-state index contributed by atoms with van der Waals surface area (Å²) in [6.45, 7) is -0.432. The largest absolute Gasteiger partial charge is 0.468 e. The zero-order valence-corrected chi connectivity index (χ0v) is 15.0. The number of halogens is 1. The van der Waals surface area contributed by atoms with E-state index in [0.717, 1.165) is 28.6 Å². The number of nitrogens with zero attached hydrogens (tertiary/aromatic N) is 1. The SMILES string of the molecule is O=C(CN(Cc1ccco1)S(=O)(=O)c1ccc(F)cc1)NCc1ccco1. The van der Waals surface area contributed by atoms with Crippen LogP contribution in [0.25, 0.3) is 0 Å². The molecule has 0 aliphatic carbocycles. The number of nitrogens with one attached hydrogen (secondary N) is 1. The van der Waals surface area contributed by atoms with Crippen molar-refractivity contribution in [3.05, 3.63) is 78.4 Å². The summed E-state index contributed by atoms with van der Waals surface area (Å²) in [6.07, 6.45) is 2.89. The van der Waals surface area contributed by atoms with Crippen molar-refractivity contribution in [2.24, 2.45) is 0 Å². The molecule has 1 amide bonds. The molecule has 2 aromatic heterocycles.